The molecular weight excluding hydrogens is 204 g/mol. The minimum absolute atomic E-state index is 0.548. The van der Waals surface area contributed by atoms with E-state index < -0.39 is 0 Å². The average molecular weight is 220 g/mol. The number of hydrogen-bond donors (Lipinski definition) is 1. The summed E-state index contributed by atoms with van der Waals surface area (Å²) in [7, 11) is 1.66. The Morgan fingerprint density at radius 3 is 2.75 bits per heavy atom. The van der Waals surface area contributed by atoms with Crippen LogP contribution in [0.3, 0.4) is 0 Å². The predicted octanol–water partition coefficient (Wildman–Crippen LogP) is 2.49. The van der Waals surface area contributed by atoms with Gasteiger partial charge in [0.05, 0.1) is 7.11 Å². The second kappa shape index (κ2) is 7.56. The van der Waals surface area contributed by atoms with Crippen molar-refractivity contribution in [2.24, 2.45) is 5.11 Å². The molecule has 16 heavy (non-hydrogen) atoms. The molecule has 1 aromatic rings. The molecule has 0 aliphatic heterocycles. The van der Waals surface area contributed by atoms with E-state index in [1.165, 1.54) is 5.56 Å². The molecule has 0 unspecified atom stereocenters. The van der Waals surface area contributed by atoms with Crippen LogP contribution in [0.1, 0.15) is 12.0 Å². The molecule has 5 heteroatoms. The van der Waals surface area contributed by atoms with Crippen molar-refractivity contribution in [2.75, 3.05) is 20.2 Å². The van der Waals surface area contributed by atoms with Crippen molar-refractivity contribution in [1.82, 2.24) is 5.32 Å². The average Bonchev–Trinajstić information content (AvgIpc) is 2.34. The Kier molecular flexibility index (Phi) is 5.84. The lowest BCUT2D eigenvalue weighted by Crippen LogP contribution is -2.15. The summed E-state index contributed by atoms with van der Waals surface area (Å²) in [6.45, 7) is 2.22. The first kappa shape index (κ1) is 12.4. The molecule has 0 saturated carbocycles. The van der Waals surface area contributed by atoms with Gasteiger partial charge >= 0.3 is 0 Å². The zero-order chi connectivity index (χ0) is 11.6. The molecule has 0 aliphatic carbocycles. The van der Waals surface area contributed by atoms with Gasteiger partial charge in [0.2, 0.25) is 0 Å². The summed E-state index contributed by atoms with van der Waals surface area (Å²) < 4.78 is 5.07. The molecule has 86 valence electrons. The molecule has 0 aromatic heterocycles. The van der Waals surface area contributed by atoms with Crippen molar-refractivity contribution in [3.05, 3.63) is 40.3 Å². The van der Waals surface area contributed by atoms with Gasteiger partial charge in [-0.2, -0.15) is 0 Å². The largest absolute Gasteiger partial charge is 0.497 e. The first-order valence-electron chi connectivity index (χ1n) is 5.21. The smallest absolute Gasteiger partial charge is 0.118 e. The van der Waals surface area contributed by atoms with E-state index in [0.29, 0.717) is 6.54 Å². The summed E-state index contributed by atoms with van der Waals surface area (Å²) in [5.74, 6) is 0.868. The van der Waals surface area contributed by atoms with Gasteiger partial charge in [0, 0.05) is 18.0 Å². The van der Waals surface area contributed by atoms with E-state index in [4.69, 9.17) is 10.3 Å². The topological polar surface area (TPSA) is 70.0 Å². The summed E-state index contributed by atoms with van der Waals surface area (Å²) in [6, 6.07) is 7.94. The van der Waals surface area contributed by atoms with Crippen LogP contribution in [0.2, 0.25) is 0 Å². The van der Waals surface area contributed by atoms with Gasteiger partial charge in [0.25, 0.3) is 0 Å². The second-order valence-electron chi connectivity index (χ2n) is 3.33. The van der Waals surface area contributed by atoms with Gasteiger partial charge in [0.1, 0.15) is 5.75 Å². The summed E-state index contributed by atoms with van der Waals surface area (Å²) in [5.41, 5.74) is 9.29. The van der Waals surface area contributed by atoms with E-state index in [2.05, 4.69) is 15.3 Å². The fourth-order valence-corrected chi connectivity index (χ4v) is 1.30. The molecule has 5 nitrogen and oxygen atoms in total. The van der Waals surface area contributed by atoms with Crippen LogP contribution < -0.4 is 10.1 Å². The van der Waals surface area contributed by atoms with Gasteiger partial charge in [-0.15, -0.1) is 0 Å². The number of hydrogen-bond acceptors (Lipinski definition) is 3. The highest BCUT2D eigenvalue weighted by molar-refractivity contribution is 5.26. The van der Waals surface area contributed by atoms with E-state index in [0.717, 1.165) is 25.3 Å². The zero-order valence-electron chi connectivity index (χ0n) is 9.39. The maximum Gasteiger partial charge on any atom is 0.118 e. The number of nitrogens with one attached hydrogen (secondary N) is 1. The molecule has 1 rings (SSSR count). The van der Waals surface area contributed by atoms with Crippen LogP contribution in [0.15, 0.2) is 29.4 Å². The summed E-state index contributed by atoms with van der Waals surface area (Å²) in [4.78, 5) is 2.69. The lowest BCUT2D eigenvalue weighted by Gasteiger charge is -2.04. The molecule has 0 radical (unpaired) electrons. The third-order valence-electron chi connectivity index (χ3n) is 2.16. The summed E-state index contributed by atoms with van der Waals surface area (Å²) in [5, 5.41) is 6.74. The molecule has 0 aliphatic rings. The quantitative estimate of drug-likeness (QED) is 0.332. The maximum absolute atomic E-state index is 8.08. The lowest BCUT2D eigenvalue weighted by atomic mass is 10.2. The number of methoxy groups -OCH3 is 1. The molecule has 0 amide bonds. The van der Waals surface area contributed by atoms with Gasteiger partial charge in [-0.3, -0.25) is 0 Å². The van der Waals surface area contributed by atoms with Crippen molar-refractivity contribution >= 4 is 0 Å². The fourth-order valence-electron chi connectivity index (χ4n) is 1.30. The highest BCUT2D eigenvalue weighted by Gasteiger charge is 1.93. The van der Waals surface area contributed by atoms with Crippen LogP contribution in [-0.4, -0.2) is 20.2 Å². The Morgan fingerprint density at radius 2 is 2.12 bits per heavy atom. The Morgan fingerprint density at radius 1 is 1.38 bits per heavy atom. The van der Waals surface area contributed by atoms with Crippen molar-refractivity contribution in [3.8, 4) is 5.75 Å². The number of ether oxygens (including phenoxy) is 1. The highest BCUT2D eigenvalue weighted by atomic mass is 16.5. The van der Waals surface area contributed by atoms with E-state index in [-0.39, 0.29) is 0 Å². The van der Waals surface area contributed by atoms with Gasteiger partial charge in [-0.25, -0.2) is 0 Å². The first-order chi connectivity index (χ1) is 7.86. The van der Waals surface area contributed by atoms with Gasteiger partial charge in [-0.05, 0) is 36.2 Å². The van der Waals surface area contributed by atoms with Crippen LogP contribution in [0.4, 0.5) is 0 Å². The zero-order valence-corrected chi connectivity index (χ0v) is 9.39. The predicted molar refractivity (Wildman–Crippen MR) is 63.3 cm³/mol. The van der Waals surface area contributed by atoms with Gasteiger partial charge in [-0.1, -0.05) is 17.2 Å². The van der Waals surface area contributed by atoms with Crippen LogP contribution in [0.5, 0.6) is 5.75 Å². The van der Waals surface area contributed by atoms with Gasteiger partial charge < -0.3 is 10.1 Å². The molecule has 0 atom stereocenters. The number of nitrogens with zero attached hydrogens (tertiary/aromatic N) is 3. The third kappa shape index (κ3) is 4.68. The number of azide groups is 1. The number of benzene rings is 1. The van der Waals surface area contributed by atoms with Crippen LogP contribution in [0.25, 0.3) is 10.4 Å². The van der Waals surface area contributed by atoms with Crippen molar-refractivity contribution < 1.29 is 4.74 Å². The Labute approximate surface area is 95.1 Å². The fraction of sp³-hybridized carbons (Fsp3) is 0.455. The SMILES string of the molecule is COc1ccc(CNCCCN=[N+]=[N-])cc1. The van der Waals surface area contributed by atoms with E-state index in [1.54, 1.807) is 7.11 Å². The summed E-state index contributed by atoms with van der Waals surface area (Å²) >= 11 is 0. The monoisotopic (exact) mass is 220 g/mol. The lowest BCUT2D eigenvalue weighted by molar-refractivity contribution is 0.414. The Hall–Kier alpha value is -1.71. The van der Waals surface area contributed by atoms with Crippen molar-refractivity contribution in [2.45, 2.75) is 13.0 Å². The maximum atomic E-state index is 8.08. The third-order valence-corrected chi connectivity index (χ3v) is 2.16. The summed E-state index contributed by atoms with van der Waals surface area (Å²) in [6.07, 6.45) is 0.861. The molecule has 1 N–H and O–H groups in total. The molecule has 0 fully saturated rings. The number of rotatable bonds is 7. The molecule has 0 spiro atoms. The van der Waals surface area contributed by atoms with Gasteiger partial charge in [0.15, 0.2) is 0 Å². The van der Waals surface area contributed by atoms with E-state index in [9.17, 15) is 0 Å². The molecule has 0 heterocycles. The van der Waals surface area contributed by atoms with E-state index >= 15 is 0 Å². The Bertz CT molecular complexity index is 344. The first-order valence-corrected chi connectivity index (χ1v) is 5.21. The molecule has 0 saturated heterocycles. The normalized spacial score (nSPS) is 9.56. The van der Waals surface area contributed by atoms with E-state index in [1.807, 2.05) is 24.3 Å². The van der Waals surface area contributed by atoms with Crippen LogP contribution in [0, 0.1) is 0 Å². The molecular formula is C11H16N4O. The van der Waals surface area contributed by atoms with Crippen LogP contribution in [-0.2, 0) is 6.54 Å². The standard InChI is InChI=1S/C11H16N4O/c1-16-11-5-3-10(4-6-11)9-13-7-2-8-14-15-12/h3-6,13H,2,7-9H2,1H3. The minimum atomic E-state index is 0.548. The highest BCUT2D eigenvalue weighted by Crippen LogP contribution is 2.10. The Balaban J connectivity index is 2.19. The van der Waals surface area contributed by atoms with Crippen LogP contribution >= 0.6 is 0 Å². The second-order valence-corrected chi connectivity index (χ2v) is 3.33. The molecule has 0 bridgehead atoms. The minimum Gasteiger partial charge on any atom is -0.497 e. The van der Waals surface area contributed by atoms with Crippen molar-refractivity contribution in [1.29, 1.82) is 0 Å². The van der Waals surface area contributed by atoms with Crippen molar-refractivity contribution in [3.63, 3.8) is 0 Å². The molecule has 1 aromatic carbocycles.